The Labute approximate surface area is 111 Å². The minimum absolute atomic E-state index is 0.0631. The van der Waals surface area contributed by atoms with Crippen molar-refractivity contribution >= 4 is 17.5 Å². The van der Waals surface area contributed by atoms with E-state index in [1.165, 1.54) is 0 Å². The van der Waals surface area contributed by atoms with Gasteiger partial charge in [-0.2, -0.15) is 13.2 Å². The van der Waals surface area contributed by atoms with Crippen molar-refractivity contribution in [2.24, 2.45) is 5.92 Å². The quantitative estimate of drug-likeness (QED) is 0.818. The SMILES string of the molecule is O=C1CC(C(=O)Nc2cc(C(F)(F)F)ccc2F)CN1. The zero-order chi connectivity index (χ0) is 14.9. The maximum atomic E-state index is 13.4. The van der Waals surface area contributed by atoms with Crippen LogP contribution in [0.25, 0.3) is 0 Å². The second kappa shape index (κ2) is 5.10. The summed E-state index contributed by atoms with van der Waals surface area (Å²) < 4.78 is 50.9. The van der Waals surface area contributed by atoms with Crippen LogP contribution in [-0.4, -0.2) is 18.4 Å². The van der Waals surface area contributed by atoms with Crippen molar-refractivity contribution in [1.29, 1.82) is 0 Å². The predicted molar refractivity (Wildman–Crippen MR) is 61.1 cm³/mol. The first kappa shape index (κ1) is 14.3. The molecule has 2 amide bonds. The Kier molecular flexibility index (Phi) is 3.65. The first-order chi connectivity index (χ1) is 9.27. The lowest BCUT2D eigenvalue weighted by Gasteiger charge is -2.12. The summed E-state index contributed by atoms with van der Waals surface area (Å²) in [6.45, 7) is 0.0885. The number of carbonyl (C=O) groups is 2. The molecule has 0 saturated carbocycles. The average Bonchev–Trinajstić information content (AvgIpc) is 2.77. The number of carbonyl (C=O) groups excluding carboxylic acids is 2. The van der Waals surface area contributed by atoms with E-state index in [9.17, 15) is 27.2 Å². The number of nitrogens with one attached hydrogen (secondary N) is 2. The van der Waals surface area contributed by atoms with Crippen LogP contribution >= 0.6 is 0 Å². The molecule has 0 radical (unpaired) electrons. The smallest absolute Gasteiger partial charge is 0.355 e. The van der Waals surface area contributed by atoms with Crippen molar-refractivity contribution < 1.29 is 27.2 Å². The largest absolute Gasteiger partial charge is 0.416 e. The second-order valence-corrected chi connectivity index (χ2v) is 4.39. The molecule has 4 nitrogen and oxygen atoms in total. The molecule has 1 fully saturated rings. The standard InChI is InChI=1S/C12H10F4N2O2/c13-8-2-1-7(12(14,15)16)4-9(8)18-11(20)6-3-10(19)17-5-6/h1-2,4,6H,3,5H2,(H,17,19)(H,18,20). The maximum Gasteiger partial charge on any atom is 0.416 e. The minimum atomic E-state index is -4.63. The Bertz CT molecular complexity index is 557. The first-order valence-electron chi connectivity index (χ1n) is 5.71. The van der Waals surface area contributed by atoms with Crippen LogP contribution in [0, 0.1) is 11.7 Å². The van der Waals surface area contributed by atoms with Crippen molar-refractivity contribution in [3.05, 3.63) is 29.6 Å². The van der Waals surface area contributed by atoms with Crippen molar-refractivity contribution in [3.8, 4) is 0 Å². The van der Waals surface area contributed by atoms with Crippen LogP contribution in [0.2, 0.25) is 0 Å². The number of alkyl halides is 3. The van der Waals surface area contributed by atoms with Gasteiger partial charge in [-0.1, -0.05) is 0 Å². The van der Waals surface area contributed by atoms with Crippen molar-refractivity contribution in [3.63, 3.8) is 0 Å². The third-order valence-electron chi connectivity index (χ3n) is 2.90. The molecule has 0 spiro atoms. The van der Waals surface area contributed by atoms with Crippen LogP contribution in [0.15, 0.2) is 18.2 Å². The summed E-state index contributed by atoms with van der Waals surface area (Å²) in [6, 6.07) is 1.75. The fourth-order valence-electron chi connectivity index (χ4n) is 1.82. The molecule has 1 atom stereocenters. The summed E-state index contributed by atoms with van der Waals surface area (Å²) in [5.74, 6) is -2.70. The van der Waals surface area contributed by atoms with Crippen LogP contribution in [-0.2, 0) is 15.8 Å². The van der Waals surface area contributed by atoms with Crippen LogP contribution in [0.5, 0.6) is 0 Å². The van der Waals surface area contributed by atoms with Gasteiger partial charge in [-0.3, -0.25) is 9.59 Å². The van der Waals surface area contributed by atoms with Crippen molar-refractivity contribution in [1.82, 2.24) is 5.32 Å². The number of amides is 2. The van der Waals surface area contributed by atoms with Gasteiger partial charge in [0.15, 0.2) is 0 Å². The van der Waals surface area contributed by atoms with Gasteiger partial charge in [-0.15, -0.1) is 0 Å². The summed E-state index contributed by atoms with van der Waals surface area (Å²) in [4.78, 5) is 22.7. The molecule has 1 aliphatic heterocycles. The zero-order valence-electron chi connectivity index (χ0n) is 10.1. The molecule has 1 unspecified atom stereocenters. The molecule has 1 aromatic rings. The lowest BCUT2D eigenvalue weighted by molar-refractivity contribution is -0.137. The lowest BCUT2D eigenvalue weighted by Crippen LogP contribution is -2.25. The molecule has 108 valence electrons. The molecule has 1 heterocycles. The van der Waals surface area contributed by atoms with Crippen molar-refractivity contribution in [2.75, 3.05) is 11.9 Å². The molecule has 1 aromatic carbocycles. The highest BCUT2D eigenvalue weighted by atomic mass is 19.4. The fourth-order valence-corrected chi connectivity index (χ4v) is 1.82. The summed E-state index contributed by atoms with van der Waals surface area (Å²) in [6.07, 6.45) is -4.69. The summed E-state index contributed by atoms with van der Waals surface area (Å²) in [5, 5.41) is 4.49. The monoisotopic (exact) mass is 290 g/mol. The molecule has 1 aliphatic rings. The molecule has 2 N–H and O–H groups in total. The van der Waals surface area contributed by atoms with Crippen LogP contribution in [0.3, 0.4) is 0 Å². The molecule has 8 heteroatoms. The zero-order valence-corrected chi connectivity index (χ0v) is 10.1. The maximum absolute atomic E-state index is 13.4. The van der Waals surface area contributed by atoms with Crippen LogP contribution in [0.4, 0.5) is 23.2 Å². The van der Waals surface area contributed by atoms with Gasteiger partial charge < -0.3 is 10.6 Å². The number of halogens is 4. The number of benzene rings is 1. The molecule has 0 aromatic heterocycles. The number of hydrogen-bond donors (Lipinski definition) is 2. The number of anilines is 1. The van der Waals surface area contributed by atoms with Crippen molar-refractivity contribution in [2.45, 2.75) is 12.6 Å². The molecule has 0 bridgehead atoms. The van der Waals surface area contributed by atoms with Gasteiger partial charge in [0.1, 0.15) is 5.82 Å². The van der Waals surface area contributed by atoms with E-state index in [-0.39, 0.29) is 18.9 Å². The van der Waals surface area contributed by atoms with E-state index in [1.54, 1.807) is 0 Å². The van der Waals surface area contributed by atoms with Gasteiger partial charge in [0, 0.05) is 13.0 Å². The average molecular weight is 290 g/mol. The molecular formula is C12H10F4N2O2. The van der Waals surface area contributed by atoms with Gasteiger partial charge in [-0.25, -0.2) is 4.39 Å². The van der Waals surface area contributed by atoms with Gasteiger partial charge in [0.05, 0.1) is 17.2 Å². The van der Waals surface area contributed by atoms with E-state index in [0.29, 0.717) is 18.2 Å². The molecule has 20 heavy (non-hydrogen) atoms. The van der Waals surface area contributed by atoms with Crippen LogP contribution < -0.4 is 10.6 Å². The third kappa shape index (κ3) is 3.06. The Morgan fingerprint density at radius 2 is 2.05 bits per heavy atom. The van der Waals surface area contributed by atoms with Gasteiger partial charge in [-0.05, 0) is 18.2 Å². The van der Waals surface area contributed by atoms with E-state index in [2.05, 4.69) is 10.6 Å². The summed E-state index contributed by atoms with van der Waals surface area (Å²) >= 11 is 0. The van der Waals surface area contributed by atoms with Crippen LogP contribution in [0.1, 0.15) is 12.0 Å². The minimum Gasteiger partial charge on any atom is -0.355 e. The van der Waals surface area contributed by atoms with E-state index in [4.69, 9.17) is 0 Å². The third-order valence-corrected chi connectivity index (χ3v) is 2.90. The highest BCUT2D eigenvalue weighted by Crippen LogP contribution is 2.32. The van der Waals surface area contributed by atoms with Gasteiger partial charge >= 0.3 is 6.18 Å². The van der Waals surface area contributed by atoms with E-state index in [0.717, 1.165) is 0 Å². The van der Waals surface area contributed by atoms with E-state index < -0.39 is 35.1 Å². The molecule has 0 aliphatic carbocycles. The van der Waals surface area contributed by atoms with Gasteiger partial charge in [0.25, 0.3) is 0 Å². The summed E-state index contributed by atoms with van der Waals surface area (Å²) in [7, 11) is 0. The Balaban J connectivity index is 2.16. The van der Waals surface area contributed by atoms with E-state index in [1.807, 2.05) is 0 Å². The highest BCUT2D eigenvalue weighted by Gasteiger charge is 2.32. The van der Waals surface area contributed by atoms with E-state index >= 15 is 0 Å². The topological polar surface area (TPSA) is 58.2 Å². The molecule has 1 saturated heterocycles. The number of rotatable bonds is 2. The Morgan fingerprint density at radius 3 is 2.60 bits per heavy atom. The highest BCUT2D eigenvalue weighted by molar-refractivity contribution is 5.97. The first-order valence-corrected chi connectivity index (χ1v) is 5.71. The summed E-state index contributed by atoms with van der Waals surface area (Å²) in [5.41, 5.74) is -1.61. The second-order valence-electron chi connectivity index (χ2n) is 4.39. The normalized spacial score (nSPS) is 18.8. The number of hydrogen-bond acceptors (Lipinski definition) is 2. The molecular weight excluding hydrogens is 280 g/mol. The Morgan fingerprint density at radius 1 is 1.35 bits per heavy atom. The predicted octanol–water partition coefficient (Wildman–Crippen LogP) is 1.92. The lowest BCUT2D eigenvalue weighted by atomic mass is 10.1. The fraction of sp³-hybridized carbons (Fsp3) is 0.333. The molecule has 2 rings (SSSR count). The van der Waals surface area contributed by atoms with Gasteiger partial charge in [0.2, 0.25) is 11.8 Å². The Hall–Kier alpha value is -2.12.